The van der Waals surface area contributed by atoms with Crippen LogP contribution >= 0.6 is 0 Å². The van der Waals surface area contributed by atoms with Gasteiger partial charge in [-0.15, -0.1) is 0 Å². The quantitative estimate of drug-likeness (QED) is 0.172. The molecule has 2 heterocycles. The van der Waals surface area contributed by atoms with E-state index in [0.717, 1.165) is 61.1 Å². The van der Waals surface area contributed by atoms with E-state index in [4.69, 9.17) is 14.4 Å². The lowest BCUT2D eigenvalue weighted by Gasteiger charge is -2.34. The molecular weight excluding hydrogens is 681 g/mol. The fourth-order valence-corrected chi connectivity index (χ4v) is 8.88. The van der Waals surface area contributed by atoms with Crippen molar-refractivity contribution in [2.45, 2.75) is 5.41 Å². The van der Waals surface area contributed by atoms with E-state index >= 15 is 0 Å². The molecule has 2 aromatic heterocycles. The summed E-state index contributed by atoms with van der Waals surface area (Å²) >= 11 is 0. The molecule has 3 heteroatoms. The summed E-state index contributed by atoms with van der Waals surface area (Å²) in [6.45, 7) is 0. The number of hydrogen-bond donors (Lipinski definition) is 0. The smallest absolute Gasteiger partial charge is 0.160 e. The topological polar surface area (TPSA) is 38.9 Å². The van der Waals surface area contributed by atoms with E-state index in [1.165, 1.54) is 33.4 Å². The first-order valence-corrected chi connectivity index (χ1v) is 19.1. The Bertz CT molecular complexity index is 3030. The molecule has 10 aromatic rings. The second-order valence-electron chi connectivity index (χ2n) is 14.5. The zero-order valence-corrected chi connectivity index (χ0v) is 30.4. The normalized spacial score (nSPS) is 12.8. The van der Waals surface area contributed by atoms with Gasteiger partial charge in [0, 0.05) is 33.0 Å². The van der Waals surface area contributed by atoms with Crippen molar-refractivity contribution in [2.24, 2.45) is 0 Å². The first kappa shape index (κ1) is 32.1. The summed E-state index contributed by atoms with van der Waals surface area (Å²) in [6.07, 6.45) is 0. The number of para-hydroxylation sites is 2. The minimum atomic E-state index is -0.499. The van der Waals surface area contributed by atoms with Gasteiger partial charge < -0.3 is 4.42 Å². The maximum atomic E-state index is 6.38. The summed E-state index contributed by atoms with van der Waals surface area (Å²) in [4.78, 5) is 10.4. The summed E-state index contributed by atoms with van der Waals surface area (Å²) < 4.78 is 6.38. The maximum absolute atomic E-state index is 6.38. The van der Waals surface area contributed by atoms with Crippen LogP contribution in [0.3, 0.4) is 0 Å². The van der Waals surface area contributed by atoms with Gasteiger partial charge in [-0.3, -0.25) is 0 Å². The van der Waals surface area contributed by atoms with E-state index in [1.54, 1.807) is 0 Å². The Morgan fingerprint density at radius 1 is 0.357 bits per heavy atom. The Hall–Kier alpha value is -7.36. The SMILES string of the molecule is c1ccc(-c2nc(-c3ccc(-c4cccc5c4oc4ccccc45)cc3)cc(-c3cccc(C4(c5ccccc5)c5ccccc5-c5ccccc54)c3)n2)cc1. The Kier molecular flexibility index (Phi) is 7.39. The van der Waals surface area contributed by atoms with Gasteiger partial charge in [0.15, 0.2) is 5.82 Å². The molecule has 262 valence electrons. The number of hydrogen-bond acceptors (Lipinski definition) is 3. The van der Waals surface area contributed by atoms with Crippen molar-refractivity contribution in [2.75, 3.05) is 0 Å². The van der Waals surface area contributed by atoms with E-state index in [0.29, 0.717) is 5.82 Å². The van der Waals surface area contributed by atoms with Gasteiger partial charge in [0.2, 0.25) is 0 Å². The highest BCUT2D eigenvalue weighted by molar-refractivity contribution is 6.09. The van der Waals surface area contributed by atoms with Gasteiger partial charge in [0.25, 0.3) is 0 Å². The molecule has 8 aromatic carbocycles. The van der Waals surface area contributed by atoms with Crippen LogP contribution in [0.4, 0.5) is 0 Å². The Morgan fingerprint density at radius 3 is 1.64 bits per heavy atom. The van der Waals surface area contributed by atoms with Gasteiger partial charge in [-0.25, -0.2) is 9.97 Å². The molecule has 0 N–H and O–H groups in total. The van der Waals surface area contributed by atoms with Crippen LogP contribution in [-0.4, -0.2) is 9.97 Å². The molecule has 11 rings (SSSR count). The van der Waals surface area contributed by atoms with Crippen LogP contribution in [0.2, 0.25) is 0 Å². The van der Waals surface area contributed by atoms with Crippen LogP contribution in [0.5, 0.6) is 0 Å². The highest BCUT2D eigenvalue weighted by atomic mass is 16.3. The average molecular weight is 715 g/mol. The Morgan fingerprint density at radius 2 is 0.893 bits per heavy atom. The molecule has 56 heavy (non-hydrogen) atoms. The summed E-state index contributed by atoms with van der Waals surface area (Å²) in [7, 11) is 0. The van der Waals surface area contributed by atoms with Crippen molar-refractivity contribution < 1.29 is 4.42 Å². The number of aromatic nitrogens is 2. The molecule has 0 amide bonds. The first-order valence-electron chi connectivity index (χ1n) is 19.1. The van der Waals surface area contributed by atoms with Gasteiger partial charge in [-0.05, 0) is 57.1 Å². The molecule has 1 aliphatic rings. The lowest BCUT2D eigenvalue weighted by atomic mass is 9.67. The summed E-state index contributed by atoms with van der Waals surface area (Å²) in [5, 5.41) is 2.25. The largest absolute Gasteiger partial charge is 0.455 e. The summed E-state index contributed by atoms with van der Waals surface area (Å²) in [5.74, 6) is 0.689. The molecule has 0 aliphatic heterocycles. The molecular formula is C53H34N2O. The van der Waals surface area contributed by atoms with Gasteiger partial charge in [0.1, 0.15) is 11.2 Å². The van der Waals surface area contributed by atoms with Crippen LogP contribution in [0.15, 0.2) is 211 Å². The second-order valence-corrected chi connectivity index (χ2v) is 14.5. The monoisotopic (exact) mass is 714 g/mol. The number of fused-ring (bicyclic) bond motifs is 6. The van der Waals surface area contributed by atoms with Crippen molar-refractivity contribution in [3.63, 3.8) is 0 Å². The molecule has 0 radical (unpaired) electrons. The van der Waals surface area contributed by atoms with Crippen LogP contribution in [-0.2, 0) is 5.41 Å². The number of benzene rings is 8. The van der Waals surface area contributed by atoms with Crippen molar-refractivity contribution in [1.29, 1.82) is 0 Å². The van der Waals surface area contributed by atoms with Crippen molar-refractivity contribution >= 4 is 21.9 Å². The third kappa shape index (κ3) is 4.98. The zero-order valence-electron chi connectivity index (χ0n) is 30.4. The van der Waals surface area contributed by atoms with Crippen LogP contribution in [0.25, 0.3) is 78.1 Å². The molecule has 0 fully saturated rings. The second kappa shape index (κ2) is 12.9. The minimum absolute atomic E-state index is 0.499. The molecule has 0 bridgehead atoms. The highest BCUT2D eigenvalue weighted by Gasteiger charge is 2.45. The van der Waals surface area contributed by atoms with E-state index in [1.807, 2.05) is 30.3 Å². The van der Waals surface area contributed by atoms with Crippen molar-refractivity contribution in [1.82, 2.24) is 9.97 Å². The van der Waals surface area contributed by atoms with Gasteiger partial charge in [0.05, 0.1) is 16.8 Å². The predicted molar refractivity (Wildman–Crippen MR) is 228 cm³/mol. The third-order valence-corrected chi connectivity index (χ3v) is 11.4. The Balaban J connectivity index is 1.06. The zero-order chi connectivity index (χ0) is 37.1. The standard InChI is InChI=1S/C53H34N2O/c1-3-15-37(16-4-1)52-54-48(36-31-29-35(30-32-36)41-24-14-25-45-44-23-9-12-28-50(44)56-51(41)45)34-49(55-52)38-17-13-20-40(33-38)53(39-18-5-2-6-19-39)46-26-10-7-21-42(46)43-22-8-11-27-47(43)53/h1-34H. The third-order valence-electron chi connectivity index (χ3n) is 11.4. The molecule has 0 saturated carbocycles. The summed E-state index contributed by atoms with van der Waals surface area (Å²) in [5.41, 5.74) is 15.8. The van der Waals surface area contributed by atoms with Gasteiger partial charge in [-0.2, -0.15) is 0 Å². The fraction of sp³-hybridized carbons (Fsp3) is 0.0189. The molecule has 0 atom stereocenters. The summed E-state index contributed by atoms with van der Waals surface area (Å²) in [6, 6.07) is 73.2. The van der Waals surface area contributed by atoms with Crippen molar-refractivity contribution in [3.8, 4) is 56.2 Å². The highest BCUT2D eigenvalue weighted by Crippen LogP contribution is 2.56. The average Bonchev–Trinajstić information content (AvgIpc) is 3.81. The van der Waals surface area contributed by atoms with Crippen LogP contribution < -0.4 is 0 Å². The van der Waals surface area contributed by atoms with Crippen LogP contribution in [0.1, 0.15) is 22.3 Å². The number of nitrogens with zero attached hydrogens (tertiary/aromatic N) is 2. The van der Waals surface area contributed by atoms with Crippen LogP contribution in [0, 0.1) is 0 Å². The predicted octanol–water partition coefficient (Wildman–Crippen LogP) is 13.4. The van der Waals surface area contributed by atoms with E-state index < -0.39 is 5.41 Å². The molecule has 3 nitrogen and oxygen atoms in total. The maximum Gasteiger partial charge on any atom is 0.160 e. The number of furan rings is 1. The lowest BCUT2D eigenvalue weighted by Crippen LogP contribution is -2.28. The van der Waals surface area contributed by atoms with E-state index in [-0.39, 0.29) is 0 Å². The first-order chi connectivity index (χ1) is 27.8. The Labute approximate surface area is 325 Å². The molecule has 0 spiro atoms. The van der Waals surface area contributed by atoms with Gasteiger partial charge in [-0.1, -0.05) is 188 Å². The molecule has 1 aliphatic carbocycles. The minimum Gasteiger partial charge on any atom is -0.455 e. The number of rotatable bonds is 6. The fourth-order valence-electron chi connectivity index (χ4n) is 8.88. The lowest BCUT2D eigenvalue weighted by molar-refractivity contribution is 0.670. The molecule has 0 unspecified atom stereocenters. The molecule has 0 saturated heterocycles. The van der Waals surface area contributed by atoms with E-state index in [9.17, 15) is 0 Å². The van der Waals surface area contributed by atoms with Gasteiger partial charge >= 0.3 is 0 Å². The van der Waals surface area contributed by atoms with E-state index in [2.05, 4.69) is 176 Å². The van der Waals surface area contributed by atoms with Crippen molar-refractivity contribution in [3.05, 3.63) is 229 Å².